The van der Waals surface area contributed by atoms with E-state index >= 15 is 0 Å². The summed E-state index contributed by atoms with van der Waals surface area (Å²) in [6.07, 6.45) is -0.546. The fraction of sp³-hybridized carbons (Fsp3) is 0.625. The lowest BCUT2D eigenvalue weighted by atomic mass is 10.1. The number of aliphatic hydroxyl groups is 1. The normalized spacial score (nSPS) is 12.4. The highest BCUT2D eigenvalue weighted by Crippen LogP contribution is 2.26. The van der Waals surface area contributed by atoms with Crippen LogP contribution in [0.4, 0.5) is 0 Å². The minimum atomic E-state index is -0.546. The summed E-state index contributed by atoms with van der Waals surface area (Å²) in [4.78, 5) is 0. The SMILES string of the molecule is COCCOCCOCCOc1cc(C)ccc1C(C)O. The average molecular weight is 298 g/mol. The van der Waals surface area contributed by atoms with E-state index in [0.29, 0.717) is 45.4 Å². The minimum absolute atomic E-state index is 0.446. The third-order valence-corrected chi connectivity index (χ3v) is 2.91. The van der Waals surface area contributed by atoms with Crippen molar-refractivity contribution in [1.82, 2.24) is 0 Å². The van der Waals surface area contributed by atoms with E-state index < -0.39 is 6.10 Å². The fourth-order valence-corrected chi connectivity index (χ4v) is 1.79. The summed E-state index contributed by atoms with van der Waals surface area (Å²) in [5, 5.41) is 9.70. The first-order valence-electron chi connectivity index (χ1n) is 7.21. The molecule has 0 saturated carbocycles. The van der Waals surface area contributed by atoms with Crippen LogP contribution >= 0.6 is 0 Å². The van der Waals surface area contributed by atoms with E-state index in [4.69, 9.17) is 18.9 Å². The number of rotatable bonds is 11. The number of aliphatic hydroxyl groups excluding tert-OH is 1. The number of ether oxygens (including phenoxy) is 4. The lowest BCUT2D eigenvalue weighted by Crippen LogP contribution is -2.13. The molecule has 21 heavy (non-hydrogen) atoms. The number of benzene rings is 1. The van der Waals surface area contributed by atoms with Crippen LogP contribution in [0.25, 0.3) is 0 Å². The van der Waals surface area contributed by atoms with Gasteiger partial charge in [-0.2, -0.15) is 0 Å². The van der Waals surface area contributed by atoms with E-state index in [1.807, 2.05) is 25.1 Å². The minimum Gasteiger partial charge on any atom is -0.491 e. The van der Waals surface area contributed by atoms with E-state index in [0.717, 1.165) is 11.1 Å². The van der Waals surface area contributed by atoms with E-state index in [1.54, 1.807) is 14.0 Å². The Hall–Kier alpha value is -1.14. The standard InChI is InChI=1S/C16H26O5/c1-13-4-5-15(14(2)17)16(12-13)21-11-10-20-9-8-19-7-6-18-3/h4-5,12,14,17H,6-11H2,1-3H3. The quantitative estimate of drug-likeness (QED) is 0.634. The molecule has 0 aromatic heterocycles. The third-order valence-electron chi connectivity index (χ3n) is 2.91. The first kappa shape index (κ1) is 17.9. The molecular weight excluding hydrogens is 272 g/mol. The maximum Gasteiger partial charge on any atom is 0.125 e. The van der Waals surface area contributed by atoms with Crippen molar-refractivity contribution in [3.05, 3.63) is 29.3 Å². The molecule has 0 saturated heterocycles. The molecule has 0 aliphatic heterocycles. The zero-order valence-electron chi connectivity index (χ0n) is 13.1. The van der Waals surface area contributed by atoms with E-state index in [2.05, 4.69) is 0 Å². The Kier molecular flexibility index (Phi) is 9.01. The predicted molar refractivity (Wildman–Crippen MR) is 80.8 cm³/mol. The lowest BCUT2D eigenvalue weighted by Gasteiger charge is -2.14. The van der Waals surface area contributed by atoms with E-state index in [1.165, 1.54) is 0 Å². The van der Waals surface area contributed by atoms with Crippen molar-refractivity contribution in [2.75, 3.05) is 46.8 Å². The van der Waals surface area contributed by atoms with Crippen molar-refractivity contribution in [3.8, 4) is 5.75 Å². The summed E-state index contributed by atoms with van der Waals surface area (Å²) >= 11 is 0. The Morgan fingerprint density at radius 3 is 2.24 bits per heavy atom. The fourth-order valence-electron chi connectivity index (χ4n) is 1.79. The lowest BCUT2D eigenvalue weighted by molar-refractivity contribution is 0.0177. The number of hydrogen-bond donors (Lipinski definition) is 1. The molecule has 0 fully saturated rings. The summed E-state index contributed by atoms with van der Waals surface area (Å²) in [5.41, 5.74) is 1.89. The molecule has 1 atom stereocenters. The van der Waals surface area contributed by atoms with Gasteiger partial charge >= 0.3 is 0 Å². The summed E-state index contributed by atoms with van der Waals surface area (Å²) in [5.74, 6) is 0.713. The van der Waals surface area contributed by atoms with Gasteiger partial charge in [-0.25, -0.2) is 0 Å². The van der Waals surface area contributed by atoms with Crippen LogP contribution in [0.3, 0.4) is 0 Å². The van der Waals surface area contributed by atoms with Crippen LogP contribution in [0.15, 0.2) is 18.2 Å². The number of hydrogen-bond acceptors (Lipinski definition) is 5. The molecule has 1 aromatic rings. The van der Waals surface area contributed by atoms with Crippen molar-refractivity contribution in [3.63, 3.8) is 0 Å². The van der Waals surface area contributed by atoms with Gasteiger partial charge in [0.1, 0.15) is 12.4 Å². The molecular formula is C16H26O5. The number of methoxy groups -OCH3 is 1. The monoisotopic (exact) mass is 298 g/mol. The van der Waals surface area contributed by atoms with Gasteiger partial charge in [0.15, 0.2) is 0 Å². The van der Waals surface area contributed by atoms with E-state index in [9.17, 15) is 5.11 Å². The van der Waals surface area contributed by atoms with Crippen molar-refractivity contribution in [2.24, 2.45) is 0 Å². The Labute approximate surface area is 126 Å². The molecule has 0 bridgehead atoms. The largest absolute Gasteiger partial charge is 0.491 e. The molecule has 1 aromatic carbocycles. The molecule has 0 heterocycles. The molecule has 1 rings (SSSR count). The van der Waals surface area contributed by atoms with Crippen molar-refractivity contribution in [1.29, 1.82) is 0 Å². The van der Waals surface area contributed by atoms with Crippen LogP contribution in [0.5, 0.6) is 5.75 Å². The van der Waals surface area contributed by atoms with Gasteiger partial charge in [0.05, 0.1) is 39.1 Å². The van der Waals surface area contributed by atoms with Gasteiger partial charge in [0.25, 0.3) is 0 Å². The topological polar surface area (TPSA) is 57.2 Å². The van der Waals surface area contributed by atoms with Gasteiger partial charge in [-0.1, -0.05) is 12.1 Å². The average Bonchev–Trinajstić information content (AvgIpc) is 2.45. The second-order valence-electron chi connectivity index (χ2n) is 4.78. The molecule has 0 amide bonds. The van der Waals surface area contributed by atoms with Crippen molar-refractivity contribution < 1.29 is 24.1 Å². The number of aryl methyl sites for hydroxylation is 1. The highest BCUT2D eigenvalue weighted by Gasteiger charge is 2.09. The Morgan fingerprint density at radius 1 is 1.00 bits per heavy atom. The van der Waals surface area contributed by atoms with Crippen LogP contribution in [-0.2, 0) is 14.2 Å². The molecule has 0 aliphatic rings. The molecule has 5 heteroatoms. The van der Waals surface area contributed by atoms with Crippen LogP contribution in [0.2, 0.25) is 0 Å². The predicted octanol–water partition coefficient (Wildman–Crippen LogP) is 2.11. The van der Waals surface area contributed by atoms with Gasteiger partial charge in [-0.15, -0.1) is 0 Å². The zero-order valence-corrected chi connectivity index (χ0v) is 13.1. The van der Waals surface area contributed by atoms with Crippen LogP contribution in [0.1, 0.15) is 24.2 Å². The maximum absolute atomic E-state index is 9.70. The summed E-state index contributed by atoms with van der Waals surface area (Å²) in [6, 6.07) is 5.78. The van der Waals surface area contributed by atoms with Crippen LogP contribution in [0, 0.1) is 6.92 Å². The molecule has 1 N–H and O–H groups in total. The smallest absolute Gasteiger partial charge is 0.125 e. The Balaban J connectivity index is 2.19. The van der Waals surface area contributed by atoms with E-state index in [-0.39, 0.29) is 0 Å². The molecule has 0 aliphatic carbocycles. The second-order valence-corrected chi connectivity index (χ2v) is 4.78. The van der Waals surface area contributed by atoms with Gasteiger partial charge in [0, 0.05) is 12.7 Å². The van der Waals surface area contributed by atoms with Gasteiger partial charge in [-0.05, 0) is 25.5 Å². The van der Waals surface area contributed by atoms with Gasteiger partial charge in [-0.3, -0.25) is 0 Å². The summed E-state index contributed by atoms with van der Waals surface area (Å²) < 4.78 is 21.2. The first-order valence-corrected chi connectivity index (χ1v) is 7.21. The molecule has 0 spiro atoms. The first-order chi connectivity index (χ1) is 10.1. The van der Waals surface area contributed by atoms with Crippen molar-refractivity contribution in [2.45, 2.75) is 20.0 Å². The molecule has 1 unspecified atom stereocenters. The van der Waals surface area contributed by atoms with Gasteiger partial charge in [0.2, 0.25) is 0 Å². The summed E-state index contributed by atoms with van der Waals surface area (Å²) in [7, 11) is 1.64. The molecule has 120 valence electrons. The van der Waals surface area contributed by atoms with Crippen LogP contribution in [-0.4, -0.2) is 51.9 Å². The molecule has 0 radical (unpaired) electrons. The Bertz CT molecular complexity index is 392. The summed E-state index contributed by atoms with van der Waals surface area (Å²) in [6.45, 7) is 6.91. The van der Waals surface area contributed by atoms with Crippen LogP contribution < -0.4 is 4.74 Å². The highest BCUT2D eigenvalue weighted by molar-refractivity contribution is 5.38. The maximum atomic E-state index is 9.70. The zero-order chi connectivity index (χ0) is 15.5. The van der Waals surface area contributed by atoms with Crippen molar-refractivity contribution >= 4 is 0 Å². The molecule has 5 nitrogen and oxygen atoms in total. The highest BCUT2D eigenvalue weighted by atomic mass is 16.6. The Morgan fingerprint density at radius 2 is 1.62 bits per heavy atom. The third kappa shape index (κ3) is 7.43. The van der Waals surface area contributed by atoms with Gasteiger partial charge < -0.3 is 24.1 Å². The second kappa shape index (κ2) is 10.6.